The molecule has 6 nitrogen and oxygen atoms in total. The summed E-state index contributed by atoms with van der Waals surface area (Å²) in [5.41, 5.74) is 0.700. The third-order valence-corrected chi connectivity index (χ3v) is 2.84. The topological polar surface area (TPSA) is 93.4 Å². The smallest absolute Gasteiger partial charge is 0.323 e. The molecule has 20 heavy (non-hydrogen) atoms. The monoisotopic (exact) mass is 295 g/mol. The lowest BCUT2D eigenvalue weighted by molar-refractivity contribution is -0.137. The number of benzene rings is 1. The average molecular weight is 296 g/mol. The van der Waals surface area contributed by atoms with Crippen molar-refractivity contribution in [2.75, 3.05) is 11.9 Å². The van der Waals surface area contributed by atoms with Crippen molar-refractivity contribution in [3.05, 3.63) is 28.8 Å². The zero-order valence-corrected chi connectivity index (χ0v) is 11.8. The maximum atomic E-state index is 12.0. The molecule has 0 unspecified atom stereocenters. The van der Waals surface area contributed by atoms with Gasteiger partial charge in [0.1, 0.15) is 12.6 Å². The molecule has 0 spiro atoms. The molecule has 1 rings (SSSR count). The Morgan fingerprint density at radius 2 is 2.15 bits per heavy atom. The predicted octanol–water partition coefficient (Wildman–Crippen LogP) is 2.54. The standard InChI is InChI=1S/C13H14ClN3O3/c1-8(2)17(7-12(18)19)13(20)16-10-4-3-9(6-15)11(14)5-10/h3-5,8H,7H2,1-2H3,(H,16,20)(H,18,19). The number of nitriles is 1. The molecule has 106 valence electrons. The fourth-order valence-electron chi connectivity index (χ4n) is 1.51. The number of hydrogen-bond donors (Lipinski definition) is 2. The van der Waals surface area contributed by atoms with Gasteiger partial charge in [-0.05, 0) is 32.0 Å². The summed E-state index contributed by atoms with van der Waals surface area (Å²) in [4.78, 5) is 23.9. The van der Waals surface area contributed by atoms with Crippen molar-refractivity contribution in [2.45, 2.75) is 19.9 Å². The number of urea groups is 1. The van der Waals surface area contributed by atoms with E-state index in [9.17, 15) is 9.59 Å². The number of carbonyl (C=O) groups is 2. The summed E-state index contributed by atoms with van der Waals surface area (Å²) < 4.78 is 0. The summed E-state index contributed by atoms with van der Waals surface area (Å²) in [5.74, 6) is -1.09. The minimum atomic E-state index is -1.09. The summed E-state index contributed by atoms with van der Waals surface area (Å²) in [7, 11) is 0. The zero-order chi connectivity index (χ0) is 15.3. The van der Waals surface area contributed by atoms with Crippen LogP contribution in [-0.4, -0.2) is 34.6 Å². The first-order chi connectivity index (χ1) is 9.35. The first-order valence-electron chi connectivity index (χ1n) is 5.84. The van der Waals surface area contributed by atoms with E-state index >= 15 is 0 Å². The summed E-state index contributed by atoms with van der Waals surface area (Å²) >= 11 is 5.86. The van der Waals surface area contributed by atoms with Crippen LogP contribution in [0.25, 0.3) is 0 Å². The fourth-order valence-corrected chi connectivity index (χ4v) is 1.74. The molecular weight excluding hydrogens is 282 g/mol. The Morgan fingerprint density at radius 1 is 1.50 bits per heavy atom. The molecule has 7 heteroatoms. The number of nitrogens with zero attached hydrogens (tertiary/aromatic N) is 2. The molecular formula is C13H14ClN3O3. The molecule has 0 bridgehead atoms. The van der Waals surface area contributed by atoms with Crippen molar-refractivity contribution in [1.29, 1.82) is 5.26 Å². The van der Waals surface area contributed by atoms with Crippen LogP contribution in [0.4, 0.5) is 10.5 Å². The molecule has 1 aromatic rings. The van der Waals surface area contributed by atoms with Crippen LogP contribution in [0.2, 0.25) is 5.02 Å². The van der Waals surface area contributed by atoms with Crippen molar-refractivity contribution in [2.24, 2.45) is 0 Å². The SMILES string of the molecule is CC(C)N(CC(=O)O)C(=O)Nc1ccc(C#N)c(Cl)c1. The van der Waals surface area contributed by atoms with E-state index in [0.717, 1.165) is 0 Å². The third kappa shape index (κ3) is 4.14. The van der Waals surface area contributed by atoms with Crippen molar-refractivity contribution in [1.82, 2.24) is 4.90 Å². The van der Waals surface area contributed by atoms with Crippen LogP contribution in [-0.2, 0) is 4.79 Å². The van der Waals surface area contributed by atoms with E-state index in [1.807, 2.05) is 6.07 Å². The Morgan fingerprint density at radius 3 is 2.60 bits per heavy atom. The third-order valence-electron chi connectivity index (χ3n) is 2.53. The van der Waals surface area contributed by atoms with E-state index in [0.29, 0.717) is 11.3 Å². The molecule has 0 aliphatic carbocycles. The molecule has 0 heterocycles. The maximum absolute atomic E-state index is 12.0. The van der Waals surface area contributed by atoms with Gasteiger partial charge in [0.05, 0.1) is 10.6 Å². The number of carbonyl (C=O) groups excluding carboxylic acids is 1. The highest BCUT2D eigenvalue weighted by molar-refractivity contribution is 6.32. The molecule has 0 aliphatic rings. The number of aliphatic carboxylic acids is 1. The van der Waals surface area contributed by atoms with Gasteiger partial charge in [-0.2, -0.15) is 5.26 Å². The van der Waals surface area contributed by atoms with Crippen LogP contribution in [0.5, 0.6) is 0 Å². The van der Waals surface area contributed by atoms with E-state index in [1.54, 1.807) is 13.8 Å². The van der Waals surface area contributed by atoms with Gasteiger partial charge >= 0.3 is 12.0 Å². The van der Waals surface area contributed by atoms with Gasteiger partial charge in [0, 0.05) is 11.7 Å². The quantitative estimate of drug-likeness (QED) is 0.892. The Labute approximate surface area is 121 Å². The summed E-state index contributed by atoms with van der Waals surface area (Å²) in [6.45, 7) is 3.04. The van der Waals surface area contributed by atoms with Gasteiger partial charge in [0.25, 0.3) is 0 Å². The highest BCUT2D eigenvalue weighted by atomic mass is 35.5. The summed E-state index contributed by atoms with van der Waals surface area (Å²) in [5, 5.41) is 20.3. The zero-order valence-electron chi connectivity index (χ0n) is 11.1. The van der Waals surface area contributed by atoms with Gasteiger partial charge in [0.2, 0.25) is 0 Å². The number of anilines is 1. The number of rotatable bonds is 4. The van der Waals surface area contributed by atoms with Crippen LogP contribution in [0.1, 0.15) is 19.4 Å². The number of hydrogen-bond acceptors (Lipinski definition) is 3. The number of carboxylic acid groups (broad SMARTS) is 1. The maximum Gasteiger partial charge on any atom is 0.323 e. The molecule has 0 fully saturated rings. The second-order valence-electron chi connectivity index (χ2n) is 4.35. The van der Waals surface area contributed by atoms with Gasteiger partial charge in [-0.25, -0.2) is 4.79 Å². The molecule has 2 amide bonds. The second kappa shape index (κ2) is 6.78. The average Bonchev–Trinajstić information content (AvgIpc) is 2.35. The van der Waals surface area contributed by atoms with E-state index < -0.39 is 18.5 Å². The second-order valence-corrected chi connectivity index (χ2v) is 4.76. The molecule has 0 saturated carbocycles. The van der Waals surface area contributed by atoms with Crippen LogP contribution in [0, 0.1) is 11.3 Å². The molecule has 2 N–H and O–H groups in total. The van der Waals surface area contributed by atoms with Crippen LogP contribution in [0.3, 0.4) is 0 Å². The minimum Gasteiger partial charge on any atom is -0.480 e. The minimum absolute atomic E-state index is 0.222. The predicted molar refractivity (Wildman–Crippen MR) is 74.7 cm³/mol. The molecule has 0 aromatic heterocycles. The Kier molecular flexibility index (Phi) is 5.35. The summed E-state index contributed by atoms with van der Waals surface area (Å²) in [6.07, 6.45) is 0. The fraction of sp³-hybridized carbons (Fsp3) is 0.308. The largest absolute Gasteiger partial charge is 0.480 e. The first-order valence-corrected chi connectivity index (χ1v) is 6.22. The van der Waals surface area contributed by atoms with Gasteiger partial charge < -0.3 is 15.3 Å². The van der Waals surface area contributed by atoms with Crippen molar-refractivity contribution in [3.8, 4) is 6.07 Å². The van der Waals surface area contributed by atoms with Crippen molar-refractivity contribution < 1.29 is 14.7 Å². The van der Waals surface area contributed by atoms with Gasteiger partial charge in [-0.15, -0.1) is 0 Å². The van der Waals surface area contributed by atoms with Crippen LogP contribution < -0.4 is 5.32 Å². The lowest BCUT2D eigenvalue weighted by atomic mass is 10.2. The first kappa shape index (κ1) is 15.8. The lowest BCUT2D eigenvalue weighted by Crippen LogP contribution is -2.43. The van der Waals surface area contributed by atoms with Crippen LogP contribution >= 0.6 is 11.6 Å². The van der Waals surface area contributed by atoms with E-state index in [4.69, 9.17) is 22.0 Å². The highest BCUT2D eigenvalue weighted by Gasteiger charge is 2.20. The number of nitrogens with one attached hydrogen (secondary N) is 1. The Hall–Kier alpha value is -2.26. The molecule has 0 saturated heterocycles. The number of carboxylic acids is 1. The van der Waals surface area contributed by atoms with Crippen molar-refractivity contribution in [3.63, 3.8) is 0 Å². The van der Waals surface area contributed by atoms with Crippen molar-refractivity contribution >= 4 is 29.3 Å². The van der Waals surface area contributed by atoms with Gasteiger partial charge in [0.15, 0.2) is 0 Å². The Bertz CT molecular complexity index is 566. The van der Waals surface area contributed by atoms with E-state index in [2.05, 4.69) is 5.32 Å². The van der Waals surface area contributed by atoms with Crippen LogP contribution in [0.15, 0.2) is 18.2 Å². The number of amides is 2. The van der Waals surface area contributed by atoms with E-state index in [-0.39, 0.29) is 11.1 Å². The normalized spacial score (nSPS) is 9.95. The molecule has 0 atom stereocenters. The lowest BCUT2D eigenvalue weighted by Gasteiger charge is -2.25. The summed E-state index contributed by atoms with van der Waals surface area (Å²) in [6, 6.07) is 5.56. The Balaban J connectivity index is 2.86. The highest BCUT2D eigenvalue weighted by Crippen LogP contribution is 2.20. The van der Waals surface area contributed by atoms with E-state index in [1.165, 1.54) is 23.1 Å². The number of halogens is 1. The van der Waals surface area contributed by atoms with Gasteiger partial charge in [-0.1, -0.05) is 11.6 Å². The van der Waals surface area contributed by atoms with Gasteiger partial charge in [-0.3, -0.25) is 4.79 Å². The molecule has 0 radical (unpaired) electrons. The molecule has 0 aliphatic heterocycles. The molecule has 1 aromatic carbocycles.